The van der Waals surface area contributed by atoms with Crippen LogP contribution in [0.15, 0.2) is 36.4 Å². The van der Waals surface area contributed by atoms with Gasteiger partial charge in [0.15, 0.2) is 0 Å². The van der Waals surface area contributed by atoms with Gasteiger partial charge in [-0.15, -0.1) is 0 Å². The Morgan fingerprint density at radius 1 is 1.09 bits per heavy atom. The zero-order valence-electron chi connectivity index (χ0n) is 14.1. The van der Waals surface area contributed by atoms with Gasteiger partial charge in [0, 0.05) is 0 Å². The smallest absolute Gasteiger partial charge is 0.126 e. The topological polar surface area (TPSA) is 9.23 Å². The van der Waals surface area contributed by atoms with Crippen molar-refractivity contribution >= 4 is 0 Å². The second-order valence-corrected chi connectivity index (χ2v) is 6.43. The second kappa shape index (κ2) is 7.16. The molecule has 1 aliphatic carbocycles. The van der Waals surface area contributed by atoms with Crippen LogP contribution in [0.4, 0.5) is 4.39 Å². The van der Waals surface area contributed by atoms with E-state index >= 15 is 0 Å². The third kappa shape index (κ3) is 3.57. The minimum absolute atomic E-state index is 0.0410. The summed E-state index contributed by atoms with van der Waals surface area (Å²) in [6.45, 7) is 4.93. The molecule has 2 heteroatoms. The molecule has 0 N–H and O–H groups in total. The van der Waals surface area contributed by atoms with E-state index in [4.69, 9.17) is 4.74 Å². The summed E-state index contributed by atoms with van der Waals surface area (Å²) in [7, 11) is 0. The fraction of sp³-hybridized carbons (Fsp3) is 0.429. The molecule has 2 aromatic rings. The molecular weight excluding hydrogens is 287 g/mol. The maximum Gasteiger partial charge on any atom is 0.126 e. The van der Waals surface area contributed by atoms with Crippen molar-refractivity contribution in [3.63, 3.8) is 0 Å². The van der Waals surface area contributed by atoms with Crippen molar-refractivity contribution in [1.29, 1.82) is 0 Å². The van der Waals surface area contributed by atoms with Crippen LogP contribution in [-0.4, -0.2) is 6.61 Å². The third-order valence-electron chi connectivity index (χ3n) is 4.79. The molecule has 0 spiro atoms. The Morgan fingerprint density at radius 2 is 1.96 bits per heavy atom. The summed E-state index contributed by atoms with van der Waals surface area (Å²) < 4.78 is 20.1. The SMILES string of the molecule is CCCOc1ccc2c(c1)CCC(c1ccc(CC)cc1F)C2. The third-order valence-corrected chi connectivity index (χ3v) is 4.79. The summed E-state index contributed by atoms with van der Waals surface area (Å²) in [5, 5.41) is 0. The number of benzene rings is 2. The van der Waals surface area contributed by atoms with E-state index in [1.54, 1.807) is 6.07 Å². The van der Waals surface area contributed by atoms with Crippen LogP contribution >= 0.6 is 0 Å². The molecule has 3 rings (SSSR count). The van der Waals surface area contributed by atoms with Gasteiger partial charge in [0.05, 0.1) is 6.61 Å². The van der Waals surface area contributed by atoms with E-state index in [1.807, 2.05) is 12.1 Å². The van der Waals surface area contributed by atoms with Gasteiger partial charge in [-0.1, -0.05) is 32.0 Å². The maximum atomic E-state index is 14.4. The number of rotatable bonds is 5. The second-order valence-electron chi connectivity index (χ2n) is 6.43. The molecule has 0 heterocycles. The molecule has 122 valence electrons. The van der Waals surface area contributed by atoms with Gasteiger partial charge in [0.2, 0.25) is 0 Å². The van der Waals surface area contributed by atoms with Crippen LogP contribution in [-0.2, 0) is 19.3 Å². The largest absolute Gasteiger partial charge is 0.494 e. The average molecular weight is 312 g/mol. The first kappa shape index (κ1) is 16.0. The van der Waals surface area contributed by atoms with E-state index in [0.29, 0.717) is 0 Å². The molecule has 0 aromatic heterocycles. The van der Waals surface area contributed by atoms with Gasteiger partial charge < -0.3 is 4.74 Å². The molecule has 1 unspecified atom stereocenters. The molecule has 1 nitrogen and oxygen atoms in total. The molecule has 0 aliphatic heterocycles. The molecule has 0 amide bonds. The maximum absolute atomic E-state index is 14.4. The number of fused-ring (bicyclic) bond motifs is 1. The summed E-state index contributed by atoms with van der Waals surface area (Å²) in [6.07, 6.45) is 4.83. The molecule has 2 aromatic carbocycles. The number of ether oxygens (including phenoxy) is 1. The van der Waals surface area contributed by atoms with Gasteiger partial charge in [-0.05, 0) is 78.5 Å². The van der Waals surface area contributed by atoms with E-state index in [-0.39, 0.29) is 11.7 Å². The fourth-order valence-corrected chi connectivity index (χ4v) is 3.43. The summed E-state index contributed by atoms with van der Waals surface area (Å²) in [4.78, 5) is 0. The van der Waals surface area contributed by atoms with Crippen molar-refractivity contribution in [2.75, 3.05) is 6.61 Å². The summed E-state index contributed by atoms with van der Waals surface area (Å²) >= 11 is 0. The lowest BCUT2D eigenvalue weighted by Gasteiger charge is -2.26. The highest BCUT2D eigenvalue weighted by molar-refractivity contribution is 5.40. The van der Waals surface area contributed by atoms with E-state index in [1.165, 1.54) is 11.1 Å². The average Bonchev–Trinajstić information content (AvgIpc) is 2.59. The molecule has 0 radical (unpaired) electrons. The van der Waals surface area contributed by atoms with Crippen molar-refractivity contribution in [3.05, 3.63) is 64.5 Å². The zero-order valence-corrected chi connectivity index (χ0v) is 14.1. The standard InChI is InChI=1S/C21H25FO/c1-3-11-23-19-9-8-16-13-18(7-6-17(16)14-19)20-10-5-15(4-2)12-21(20)22/h5,8-10,12,14,18H,3-4,6-7,11,13H2,1-2H3. The van der Waals surface area contributed by atoms with E-state index in [2.05, 4.69) is 32.0 Å². The van der Waals surface area contributed by atoms with Crippen molar-refractivity contribution < 1.29 is 9.13 Å². The van der Waals surface area contributed by atoms with Crippen molar-refractivity contribution in [1.82, 2.24) is 0 Å². The number of halogens is 1. The van der Waals surface area contributed by atoms with Gasteiger partial charge >= 0.3 is 0 Å². The molecule has 23 heavy (non-hydrogen) atoms. The van der Waals surface area contributed by atoms with Gasteiger partial charge in [0.25, 0.3) is 0 Å². The van der Waals surface area contributed by atoms with Gasteiger partial charge in [0.1, 0.15) is 11.6 Å². The molecule has 0 bridgehead atoms. The van der Waals surface area contributed by atoms with Crippen molar-refractivity contribution in [3.8, 4) is 5.75 Å². The minimum atomic E-state index is -0.0410. The van der Waals surface area contributed by atoms with Gasteiger partial charge in [-0.2, -0.15) is 0 Å². The Morgan fingerprint density at radius 3 is 2.70 bits per heavy atom. The highest BCUT2D eigenvalue weighted by Gasteiger charge is 2.23. The Kier molecular flexibility index (Phi) is 5.00. The zero-order chi connectivity index (χ0) is 16.2. The molecule has 1 aliphatic rings. The van der Waals surface area contributed by atoms with Crippen LogP contribution < -0.4 is 4.74 Å². The Labute approximate surface area is 138 Å². The Bertz CT molecular complexity index is 678. The number of aryl methyl sites for hydroxylation is 2. The highest BCUT2D eigenvalue weighted by Crippen LogP contribution is 2.35. The van der Waals surface area contributed by atoms with Crippen LogP contribution in [0.5, 0.6) is 5.75 Å². The van der Waals surface area contributed by atoms with Crippen LogP contribution in [0.25, 0.3) is 0 Å². The minimum Gasteiger partial charge on any atom is -0.494 e. The van der Waals surface area contributed by atoms with Crippen molar-refractivity contribution in [2.24, 2.45) is 0 Å². The molecule has 0 saturated carbocycles. The first-order chi connectivity index (χ1) is 11.2. The Hall–Kier alpha value is -1.83. The highest BCUT2D eigenvalue weighted by atomic mass is 19.1. The van der Waals surface area contributed by atoms with E-state index < -0.39 is 0 Å². The van der Waals surface area contributed by atoms with Crippen LogP contribution in [0.1, 0.15) is 54.9 Å². The summed E-state index contributed by atoms with van der Waals surface area (Å²) in [5.41, 5.74) is 4.64. The lowest BCUT2D eigenvalue weighted by molar-refractivity contribution is 0.316. The van der Waals surface area contributed by atoms with E-state index in [9.17, 15) is 4.39 Å². The predicted octanol–water partition coefficient (Wildman–Crippen LogP) is 5.45. The monoisotopic (exact) mass is 312 g/mol. The molecule has 0 fully saturated rings. The summed E-state index contributed by atoms with van der Waals surface area (Å²) in [5.74, 6) is 1.21. The van der Waals surface area contributed by atoms with Crippen LogP contribution in [0.2, 0.25) is 0 Å². The predicted molar refractivity (Wildman–Crippen MR) is 92.8 cm³/mol. The quantitative estimate of drug-likeness (QED) is 0.713. The molecule has 0 saturated heterocycles. The lowest BCUT2D eigenvalue weighted by Crippen LogP contribution is -2.14. The lowest BCUT2D eigenvalue weighted by atomic mass is 9.80. The van der Waals surface area contributed by atoms with Crippen LogP contribution in [0.3, 0.4) is 0 Å². The molecular formula is C21H25FO. The number of hydrogen-bond acceptors (Lipinski definition) is 1. The van der Waals surface area contributed by atoms with Gasteiger partial charge in [-0.3, -0.25) is 0 Å². The number of hydrogen-bond donors (Lipinski definition) is 0. The first-order valence-electron chi connectivity index (χ1n) is 8.74. The first-order valence-corrected chi connectivity index (χ1v) is 8.74. The summed E-state index contributed by atoms with van der Waals surface area (Å²) in [6, 6.07) is 12.1. The Balaban J connectivity index is 1.77. The van der Waals surface area contributed by atoms with Crippen LogP contribution in [0, 0.1) is 5.82 Å². The molecule has 1 atom stereocenters. The van der Waals surface area contributed by atoms with Gasteiger partial charge in [-0.25, -0.2) is 4.39 Å². The van der Waals surface area contributed by atoms with E-state index in [0.717, 1.165) is 55.6 Å². The fourth-order valence-electron chi connectivity index (χ4n) is 3.43. The van der Waals surface area contributed by atoms with Crippen molar-refractivity contribution in [2.45, 2.75) is 51.9 Å². The normalized spacial score (nSPS) is 16.9.